The third-order valence-electron chi connectivity index (χ3n) is 0.756. The van der Waals surface area contributed by atoms with Crippen LogP contribution >= 0.6 is 0 Å². The quantitative estimate of drug-likeness (QED) is 0.389. The Kier molecular flexibility index (Phi) is 58.7. The fourth-order valence-corrected chi connectivity index (χ4v) is 0.428. The van der Waals surface area contributed by atoms with Gasteiger partial charge in [0.05, 0.1) is 0 Å². The largest absolute Gasteiger partial charge is 2.00 e. The van der Waals surface area contributed by atoms with Gasteiger partial charge in [-0.25, -0.2) is 0 Å². The maximum Gasteiger partial charge on any atom is 2.00 e. The summed E-state index contributed by atoms with van der Waals surface area (Å²) < 4.78 is 0. The number of hydrogen-bond acceptors (Lipinski definition) is 8. The fourth-order valence-electron chi connectivity index (χ4n) is 0.428. The molecule has 0 spiro atoms. The van der Waals surface area contributed by atoms with Gasteiger partial charge in [0.15, 0.2) is 0 Å². The molecule has 0 atom stereocenters. The Morgan fingerprint density at radius 1 is 0.750 bits per heavy atom. The van der Waals surface area contributed by atoms with Gasteiger partial charge in [0.1, 0.15) is 12.5 Å². The van der Waals surface area contributed by atoms with E-state index < -0.39 is 14.6 Å². The maximum atomic E-state index is 8.63. The van der Waals surface area contributed by atoms with Crippen molar-refractivity contribution in [1.29, 1.82) is 0 Å². The third kappa shape index (κ3) is 78.7. The zero-order valence-electron chi connectivity index (χ0n) is 10.7. The van der Waals surface area contributed by atoms with Crippen molar-refractivity contribution in [3.8, 4) is 5.75 Å². The molecule has 0 saturated carbocycles. The molecular formula is C7H8B2O8Zn3. The van der Waals surface area contributed by atoms with Gasteiger partial charge in [0.25, 0.3) is 0 Å². The predicted molar refractivity (Wildman–Crippen MR) is 46.7 cm³/mol. The first-order valence-corrected chi connectivity index (χ1v) is 3.84. The zero-order valence-corrected chi connectivity index (χ0v) is 19.6. The average Bonchev–Trinajstić information content (AvgIpc) is 2.20. The number of phenolic OH excluding ortho intramolecular Hbond substituents is 1. The van der Waals surface area contributed by atoms with Crippen molar-refractivity contribution in [3.63, 3.8) is 0 Å². The Bertz CT molecular complexity index is 233. The zero-order chi connectivity index (χ0) is 14.3. The Morgan fingerprint density at radius 3 is 1.05 bits per heavy atom. The van der Waals surface area contributed by atoms with Gasteiger partial charge in [-0.05, 0) is 12.1 Å². The van der Waals surface area contributed by atoms with Crippen LogP contribution in [-0.2, 0) is 63.2 Å². The summed E-state index contributed by atoms with van der Waals surface area (Å²) in [7, 11) is -5.83. The van der Waals surface area contributed by atoms with Gasteiger partial charge in [-0.15, -0.1) is 0 Å². The van der Waals surface area contributed by atoms with Crippen LogP contribution in [0, 0.1) is 0 Å². The van der Waals surface area contributed by atoms with Gasteiger partial charge in [0, 0.05) is 0 Å². The van der Waals surface area contributed by atoms with E-state index in [-0.39, 0.29) is 58.4 Å². The van der Waals surface area contributed by atoms with Crippen LogP contribution in [0.15, 0.2) is 30.3 Å². The Labute approximate surface area is 155 Å². The third-order valence-corrected chi connectivity index (χ3v) is 0.756. The van der Waals surface area contributed by atoms with Gasteiger partial charge in [0.2, 0.25) is 0 Å². The van der Waals surface area contributed by atoms with Crippen molar-refractivity contribution >= 4 is 21.4 Å². The molecule has 1 aromatic carbocycles. The van der Waals surface area contributed by atoms with E-state index in [1.54, 1.807) is 24.3 Å². The molecule has 8 nitrogen and oxygen atoms in total. The number of aromatic hydroxyl groups is 1. The number of hydrogen-bond donors (Lipinski definition) is 1. The van der Waals surface area contributed by atoms with Crippen LogP contribution in [0.25, 0.3) is 0 Å². The van der Waals surface area contributed by atoms with Crippen LogP contribution in [0.2, 0.25) is 0 Å². The molecule has 96 valence electrons. The summed E-state index contributed by atoms with van der Waals surface area (Å²) in [6.45, 7) is 2.00. The van der Waals surface area contributed by atoms with Crippen molar-refractivity contribution in [2.45, 2.75) is 0 Å². The maximum absolute atomic E-state index is 8.63. The number of phenols is 1. The monoisotopic (exact) mass is 434 g/mol. The SMILES string of the molecule is C=O.Oc1ccccc1.[O-]B([O-])[O-].[O-]B([O-])[O-].[Zn+2].[Zn+2].[Zn+2]. The first-order chi connectivity index (χ1) is 7.86. The molecule has 0 aliphatic heterocycles. The van der Waals surface area contributed by atoms with E-state index in [0.717, 1.165) is 0 Å². The summed E-state index contributed by atoms with van der Waals surface area (Å²) in [6.07, 6.45) is 0. The Hall–Kier alpha value is 0.450. The number of carbonyl (C=O) groups excluding carboxylic acids is 1. The number of carbonyl (C=O) groups is 1. The van der Waals surface area contributed by atoms with Crippen molar-refractivity contribution in [2.24, 2.45) is 0 Å². The molecule has 13 heteroatoms. The molecule has 0 amide bonds. The minimum Gasteiger partial charge on any atom is -0.907 e. The Morgan fingerprint density at radius 2 is 0.950 bits per heavy atom. The fraction of sp³-hybridized carbons (Fsp3) is 0. The summed E-state index contributed by atoms with van der Waals surface area (Å²) >= 11 is 0. The minimum absolute atomic E-state index is 0. The molecule has 0 aromatic heterocycles. The second-order valence-electron chi connectivity index (χ2n) is 1.91. The van der Waals surface area contributed by atoms with E-state index in [0.29, 0.717) is 5.75 Å². The van der Waals surface area contributed by atoms with Crippen LogP contribution in [-0.4, -0.2) is 26.5 Å². The summed E-state index contributed by atoms with van der Waals surface area (Å²) in [4.78, 5) is 8.00. The number of rotatable bonds is 0. The summed E-state index contributed by atoms with van der Waals surface area (Å²) in [6, 6.07) is 8.71. The van der Waals surface area contributed by atoms with Crippen molar-refractivity contribution in [2.75, 3.05) is 0 Å². The van der Waals surface area contributed by atoms with Gasteiger partial charge < -0.3 is 40.0 Å². The van der Waals surface area contributed by atoms with E-state index in [4.69, 9.17) is 40.0 Å². The van der Waals surface area contributed by atoms with Gasteiger partial charge >= 0.3 is 58.4 Å². The van der Waals surface area contributed by atoms with E-state index in [9.17, 15) is 0 Å². The normalized spacial score (nSPS) is 5.90. The number of para-hydroxylation sites is 1. The van der Waals surface area contributed by atoms with Crippen LogP contribution in [0.4, 0.5) is 0 Å². The van der Waals surface area contributed by atoms with Gasteiger partial charge in [-0.3, -0.25) is 14.6 Å². The van der Waals surface area contributed by atoms with Gasteiger partial charge in [-0.2, -0.15) is 0 Å². The second-order valence-corrected chi connectivity index (χ2v) is 1.91. The molecular weight excluding hydrogens is 430 g/mol. The molecule has 0 unspecified atom stereocenters. The van der Waals surface area contributed by atoms with E-state index in [2.05, 4.69) is 0 Å². The predicted octanol–water partition coefficient (Wildman–Crippen LogP) is -6.70. The molecule has 0 bridgehead atoms. The molecule has 20 heavy (non-hydrogen) atoms. The first-order valence-electron chi connectivity index (χ1n) is 3.84. The molecule has 0 saturated heterocycles. The smallest absolute Gasteiger partial charge is 0.907 e. The summed E-state index contributed by atoms with van der Waals surface area (Å²) in [5.41, 5.74) is 0. The minimum atomic E-state index is -2.92. The molecule has 0 aliphatic carbocycles. The molecule has 1 rings (SSSR count). The van der Waals surface area contributed by atoms with Crippen molar-refractivity contribution in [1.82, 2.24) is 0 Å². The molecule has 1 aromatic rings. The van der Waals surface area contributed by atoms with Crippen LogP contribution in [0.3, 0.4) is 0 Å². The molecule has 0 heterocycles. The van der Waals surface area contributed by atoms with Crippen molar-refractivity contribution in [3.05, 3.63) is 30.3 Å². The van der Waals surface area contributed by atoms with E-state index >= 15 is 0 Å². The van der Waals surface area contributed by atoms with Gasteiger partial charge in [-0.1, -0.05) is 18.2 Å². The Balaban J connectivity index is -0.0000000339. The van der Waals surface area contributed by atoms with Crippen LogP contribution < -0.4 is 30.1 Å². The van der Waals surface area contributed by atoms with E-state index in [1.807, 2.05) is 12.9 Å². The molecule has 0 radical (unpaired) electrons. The van der Waals surface area contributed by atoms with Crippen LogP contribution in [0.1, 0.15) is 0 Å². The summed E-state index contributed by atoms with van der Waals surface area (Å²) in [5, 5.41) is 59.1. The topological polar surface area (TPSA) is 176 Å². The van der Waals surface area contributed by atoms with Crippen molar-refractivity contribution < 1.29 is 98.5 Å². The molecule has 0 fully saturated rings. The second kappa shape index (κ2) is 31.7. The summed E-state index contributed by atoms with van der Waals surface area (Å²) in [5.74, 6) is 0.322. The molecule has 1 N–H and O–H groups in total. The first kappa shape index (κ1) is 37.1. The van der Waals surface area contributed by atoms with Crippen LogP contribution in [0.5, 0.6) is 5.75 Å². The number of benzene rings is 1. The average molecular weight is 438 g/mol. The van der Waals surface area contributed by atoms with E-state index in [1.165, 1.54) is 0 Å². The molecule has 0 aliphatic rings. The standard InChI is InChI=1S/C6H6O.CH2O.2BO3.3Zn/c7-6-4-2-1-3-5-6;1-2;2*2-1(3)4;;;/h1-5,7H;1H2;;;;;/q;;2*-3;3*+2.